The van der Waals surface area contributed by atoms with Crippen LogP contribution >= 0.6 is 24.4 Å². The highest BCUT2D eigenvalue weighted by Gasteiger charge is 2.10. The van der Waals surface area contributed by atoms with Crippen molar-refractivity contribution >= 4 is 35.6 Å². The second-order valence-electron chi connectivity index (χ2n) is 3.81. The molecule has 0 fully saturated rings. The van der Waals surface area contributed by atoms with Crippen LogP contribution in [0.4, 0.5) is 0 Å². The number of H-pyrrole nitrogens is 1. The van der Waals surface area contributed by atoms with Crippen LogP contribution < -0.4 is 0 Å². The second kappa shape index (κ2) is 4.70. The van der Waals surface area contributed by atoms with Gasteiger partial charge in [0.2, 0.25) is 0 Å². The van der Waals surface area contributed by atoms with Crippen molar-refractivity contribution in [2.75, 3.05) is 0 Å². The lowest BCUT2D eigenvalue weighted by molar-refractivity contribution is 0.640. The normalized spacial score (nSPS) is 11.2. The fraction of sp³-hybridized carbons (Fsp3) is 0.545. The Labute approximate surface area is 110 Å². The molecule has 0 saturated heterocycles. The van der Waals surface area contributed by atoms with Crippen LogP contribution in [0.1, 0.15) is 26.6 Å². The van der Waals surface area contributed by atoms with E-state index >= 15 is 0 Å². The molecule has 0 radical (unpaired) electrons. The number of rotatable bonds is 3. The maximum Gasteiger partial charge on any atom is 0.182 e. The fourth-order valence-corrected chi connectivity index (χ4v) is 2.80. The first-order valence-corrected chi connectivity index (χ1v) is 6.67. The number of aryl methyl sites for hydroxylation is 2. The van der Waals surface area contributed by atoms with Gasteiger partial charge >= 0.3 is 0 Å². The number of imidazole rings is 1. The Kier molecular flexibility index (Phi) is 3.44. The summed E-state index contributed by atoms with van der Waals surface area (Å²) < 4.78 is 5.50. The van der Waals surface area contributed by atoms with Crippen molar-refractivity contribution in [2.24, 2.45) is 0 Å². The molecule has 0 aromatic carbocycles. The van der Waals surface area contributed by atoms with Gasteiger partial charge in [0, 0.05) is 19.5 Å². The summed E-state index contributed by atoms with van der Waals surface area (Å²) in [4.78, 5) is 7.85. The molecule has 0 aliphatic heterocycles. The molecule has 2 aromatic rings. The number of aromatic amines is 1. The van der Waals surface area contributed by atoms with E-state index in [2.05, 4.69) is 30.7 Å². The molecule has 0 aliphatic carbocycles. The molecule has 6 heteroatoms. The van der Waals surface area contributed by atoms with Crippen LogP contribution in [-0.2, 0) is 19.5 Å². The highest BCUT2D eigenvalue weighted by molar-refractivity contribution is 7.72. The average molecular weight is 268 g/mol. The van der Waals surface area contributed by atoms with Crippen LogP contribution in [0.25, 0.3) is 11.2 Å². The zero-order chi connectivity index (χ0) is 12.6. The van der Waals surface area contributed by atoms with E-state index in [1.54, 1.807) is 0 Å². The van der Waals surface area contributed by atoms with E-state index in [0.717, 1.165) is 45.9 Å². The van der Waals surface area contributed by atoms with Gasteiger partial charge in [0.05, 0.1) is 0 Å². The van der Waals surface area contributed by atoms with Crippen LogP contribution in [0.5, 0.6) is 0 Å². The number of hydrogen-bond acceptors (Lipinski definition) is 3. The van der Waals surface area contributed by atoms with Crippen molar-refractivity contribution in [3.05, 3.63) is 15.2 Å². The molecule has 2 aromatic heterocycles. The van der Waals surface area contributed by atoms with Crippen LogP contribution in [0.15, 0.2) is 0 Å². The summed E-state index contributed by atoms with van der Waals surface area (Å²) in [6.07, 6.45) is 0.867. The number of nitrogens with zero attached hydrogens (tertiary/aromatic N) is 3. The van der Waals surface area contributed by atoms with Gasteiger partial charge < -0.3 is 14.1 Å². The fourth-order valence-electron chi connectivity index (χ4n) is 1.95. The highest BCUT2D eigenvalue weighted by atomic mass is 32.1. The molecule has 0 atom stereocenters. The largest absolute Gasteiger partial charge is 0.338 e. The predicted octanol–water partition coefficient (Wildman–Crippen LogP) is 3.23. The Hall–Kier alpha value is -1.01. The minimum atomic E-state index is 0.752. The molecule has 92 valence electrons. The van der Waals surface area contributed by atoms with Gasteiger partial charge in [0.1, 0.15) is 16.0 Å². The van der Waals surface area contributed by atoms with Crippen LogP contribution in [0, 0.1) is 9.41 Å². The zero-order valence-electron chi connectivity index (χ0n) is 10.3. The van der Waals surface area contributed by atoms with Gasteiger partial charge in [-0.1, -0.05) is 19.1 Å². The molecule has 17 heavy (non-hydrogen) atoms. The summed E-state index contributed by atoms with van der Waals surface area (Å²) in [5.74, 6) is 0.955. The Balaban J connectivity index is 2.98. The SMILES string of the molecule is CCc1nc2c([nH]1)c(=S)n(CC)c(=S)n2CC. The molecule has 0 bridgehead atoms. The summed E-state index contributed by atoms with van der Waals surface area (Å²) >= 11 is 10.9. The average Bonchev–Trinajstić information content (AvgIpc) is 2.74. The molecule has 4 nitrogen and oxygen atoms in total. The molecule has 2 heterocycles. The lowest BCUT2D eigenvalue weighted by Crippen LogP contribution is -2.10. The molecule has 0 saturated carbocycles. The van der Waals surface area contributed by atoms with E-state index in [9.17, 15) is 0 Å². The van der Waals surface area contributed by atoms with Gasteiger partial charge in [-0.25, -0.2) is 4.98 Å². The smallest absolute Gasteiger partial charge is 0.182 e. The maximum atomic E-state index is 5.46. The van der Waals surface area contributed by atoms with Gasteiger partial charge in [-0.15, -0.1) is 0 Å². The minimum Gasteiger partial charge on any atom is -0.338 e. The molecular formula is C11H16N4S2. The first-order valence-electron chi connectivity index (χ1n) is 5.86. The van der Waals surface area contributed by atoms with Crippen molar-refractivity contribution < 1.29 is 0 Å². The molecule has 0 amide bonds. The van der Waals surface area contributed by atoms with Crippen LogP contribution in [0.3, 0.4) is 0 Å². The van der Waals surface area contributed by atoms with Crippen LogP contribution in [0.2, 0.25) is 0 Å². The zero-order valence-corrected chi connectivity index (χ0v) is 11.9. The van der Waals surface area contributed by atoms with Crippen molar-refractivity contribution in [1.29, 1.82) is 0 Å². The molecule has 0 unspecified atom stereocenters. The topological polar surface area (TPSA) is 38.5 Å². The predicted molar refractivity (Wildman–Crippen MR) is 74.5 cm³/mol. The second-order valence-corrected chi connectivity index (χ2v) is 4.56. The van der Waals surface area contributed by atoms with E-state index in [1.165, 1.54) is 0 Å². The van der Waals surface area contributed by atoms with Gasteiger partial charge in [0.25, 0.3) is 0 Å². The number of hydrogen-bond donors (Lipinski definition) is 1. The Morgan fingerprint density at radius 1 is 1.12 bits per heavy atom. The highest BCUT2D eigenvalue weighted by Crippen LogP contribution is 2.15. The standard InChI is InChI=1S/C11H16N4S2/c1-4-7-12-8-9(13-7)14(5-2)11(17)15(6-3)10(8)16/h4-6H2,1-3H3,(H,12,13). The quantitative estimate of drug-likeness (QED) is 0.869. The third-order valence-corrected chi connectivity index (χ3v) is 3.74. The molecule has 0 aliphatic rings. The van der Waals surface area contributed by atoms with E-state index in [1.807, 2.05) is 9.13 Å². The number of nitrogens with one attached hydrogen (secondary N) is 1. The molecule has 0 spiro atoms. The first kappa shape index (κ1) is 12.4. The summed E-state index contributed by atoms with van der Waals surface area (Å²) in [7, 11) is 0. The van der Waals surface area contributed by atoms with E-state index in [4.69, 9.17) is 24.4 Å². The van der Waals surface area contributed by atoms with Gasteiger partial charge in [-0.2, -0.15) is 0 Å². The third kappa shape index (κ3) is 1.85. The summed E-state index contributed by atoms with van der Waals surface area (Å²) in [5, 5.41) is 0. The maximum absolute atomic E-state index is 5.46. The Morgan fingerprint density at radius 3 is 2.29 bits per heavy atom. The first-order chi connectivity index (χ1) is 8.13. The van der Waals surface area contributed by atoms with E-state index in [-0.39, 0.29) is 0 Å². The minimum absolute atomic E-state index is 0.752. The van der Waals surface area contributed by atoms with E-state index < -0.39 is 0 Å². The summed E-state index contributed by atoms with van der Waals surface area (Å²) in [6.45, 7) is 7.78. The van der Waals surface area contributed by atoms with Gasteiger partial charge in [0.15, 0.2) is 10.4 Å². The summed E-state index contributed by atoms with van der Waals surface area (Å²) in [5.41, 5.74) is 1.80. The van der Waals surface area contributed by atoms with Gasteiger partial charge in [-0.05, 0) is 26.1 Å². The number of fused-ring (bicyclic) bond motifs is 1. The third-order valence-electron chi connectivity index (χ3n) is 2.88. The lowest BCUT2D eigenvalue weighted by atomic mass is 10.5. The van der Waals surface area contributed by atoms with Crippen molar-refractivity contribution in [2.45, 2.75) is 40.3 Å². The monoisotopic (exact) mass is 268 g/mol. The Morgan fingerprint density at radius 2 is 1.76 bits per heavy atom. The summed E-state index contributed by atoms with van der Waals surface area (Å²) in [6, 6.07) is 0. The van der Waals surface area contributed by atoms with Crippen LogP contribution in [-0.4, -0.2) is 19.1 Å². The Bertz CT molecular complexity index is 662. The van der Waals surface area contributed by atoms with Crippen molar-refractivity contribution in [3.8, 4) is 0 Å². The lowest BCUT2D eigenvalue weighted by Gasteiger charge is -2.10. The molecule has 2 rings (SSSR count). The van der Waals surface area contributed by atoms with Gasteiger partial charge in [-0.3, -0.25) is 0 Å². The van der Waals surface area contributed by atoms with Crippen molar-refractivity contribution in [3.63, 3.8) is 0 Å². The number of aromatic nitrogens is 4. The molecular weight excluding hydrogens is 252 g/mol. The van der Waals surface area contributed by atoms with E-state index in [0.29, 0.717) is 0 Å². The molecule has 1 N–H and O–H groups in total. The van der Waals surface area contributed by atoms with Crippen molar-refractivity contribution in [1.82, 2.24) is 19.1 Å².